The summed E-state index contributed by atoms with van der Waals surface area (Å²) in [7, 11) is 0. The maximum Gasteiger partial charge on any atom is 0.401 e. The highest BCUT2D eigenvalue weighted by Crippen LogP contribution is 2.18. The normalized spacial score (nSPS) is 11.3. The van der Waals surface area contributed by atoms with Crippen LogP contribution in [-0.2, 0) is 6.54 Å². The Kier molecular flexibility index (Phi) is 6.56. The van der Waals surface area contributed by atoms with Crippen molar-refractivity contribution in [2.75, 3.05) is 19.7 Å². The predicted octanol–water partition coefficient (Wildman–Crippen LogP) is 2.80. The van der Waals surface area contributed by atoms with Gasteiger partial charge in [-0.15, -0.1) is 0 Å². The van der Waals surface area contributed by atoms with Crippen molar-refractivity contribution in [3.8, 4) is 11.8 Å². The van der Waals surface area contributed by atoms with Crippen LogP contribution in [-0.4, -0.2) is 35.9 Å². The van der Waals surface area contributed by atoms with Crippen molar-refractivity contribution in [2.24, 2.45) is 0 Å². The highest BCUT2D eigenvalue weighted by atomic mass is 19.4. The molecule has 1 N–H and O–H groups in total. The summed E-state index contributed by atoms with van der Waals surface area (Å²) in [5.41, 5.74) is 1.62. The molecule has 1 aromatic rings. The summed E-state index contributed by atoms with van der Waals surface area (Å²) in [6, 6.07) is 7.12. The number of nitrogens with zero attached hydrogens (tertiary/aromatic N) is 1. The average molecular weight is 285 g/mol. The van der Waals surface area contributed by atoms with E-state index in [0.29, 0.717) is 13.0 Å². The maximum absolute atomic E-state index is 12.4. The zero-order chi connectivity index (χ0) is 15.0. The van der Waals surface area contributed by atoms with Crippen LogP contribution in [0.15, 0.2) is 24.3 Å². The lowest BCUT2D eigenvalue weighted by atomic mass is 10.1. The van der Waals surface area contributed by atoms with E-state index in [1.165, 1.54) is 4.90 Å². The van der Waals surface area contributed by atoms with Gasteiger partial charge < -0.3 is 5.11 Å². The summed E-state index contributed by atoms with van der Waals surface area (Å²) in [5, 5.41) is 8.61. The minimum atomic E-state index is -4.17. The molecular formula is C15H18F3NO. The number of halogens is 3. The van der Waals surface area contributed by atoms with Crippen LogP contribution < -0.4 is 0 Å². The molecule has 0 aromatic heterocycles. The van der Waals surface area contributed by atoms with Gasteiger partial charge in [0.15, 0.2) is 0 Å². The third-order valence-electron chi connectivity index (χ3n) is 2.68. The smallest absolute Gasteiger partial charge is 0.395 e. The van der Waals surface area contributed by atoms with Crippen molar-refractivity contribution in [3.05, 3.63) is 35.4 Å². The number of benzene rings is 1. The molecule has 1 aromatic carbocycles. The molecular weight excluding hydrogens is 267 g/mol. The second-order valence-electron chi connectivity index (χ2n) is 4.39. The van der Waals surface area contributed by atoms with E-state index < -0.39 is 12.7 Å². The van der Waals surface area contributed by atoms with Crippen LogP contribution in [0, 0.1) is 11.8 Å². The van der Waals surface area contributed by atoms with Gasteiger partial charge in [-0.1, -0.05) is 30.9 Å². The van der Waals surface area contributed by atoms with Gasteiger partial charge in [0.2, 0.25) is 0 Å². The number of rotatable bonds is 5. The van der Waals surface area contributed by atoms with Gasteiger partial charge in [-0.3, -0.25) is 4.90 Å². The van der Waals surface area contributed by atoms with E-state index in [9.17, 15) is 13.2 Å². The van der Waals surface area contributed by atoms with Crippen LogP contribution in [0.4, 0.5) is 13.2 Å². The second-order valence-corrected chi connectivity index (χ2v) is 4.39. The second kappa shape index (κ2) is 7.93. The van der Waals surface area contributed by atoms with Crippen molar-refractivity contribution >= 4 is 0 Å². The van der Waals surface area contributed by atoms with E-state index in [2.05, 4.69) is 11.8 Å². The van der Waals surface area contributed by atoms with Crippen molar-refractivity contribution in [2.45, 2.75) is 26.1 Å². The van der Waals surface area contributed by atoms with Gasteiger partial charge in [0.25, 0.3) is 0 Å². The molecule has 0 atom stereocenters. The summed E-state index contributed by atoms with van der Waals surface area (Å²) in [6.45, 7) is 1.44. The fourth-order valence-electron chi connectivity index (χ4n) is 1.71. The number of aliphatic hydroxyl groups excluding tert-OH is 1. The molecule has 0 bridgehead atoms. The molecule has 5 heteroatoms. The number of aliphatic hydroxyl groups is 1. The largest absolute Gasteiger partial charge is 0.401 e. The highest BCUT2D eigenvalue weighted by molar-refractivity contribution is 5.36. The molecule has 0 saturated heterocycles. The third-order valence-corrected chi connectivity index (χ3v) is 2.68. The Bertz CT molecular complexity index is 457. The predicted molar refractivity (Wildman–Crippen MR) is 72.0 cm³/mol. The van der Waals surface area contributed by atoms with E-state index in [4.69, 9.17) is 5.11 Å². The van der Waals surface area contributed by atoms with Gasteiger partial charge in [-0.25, -0.2) is 0 Å². The van der Waals surface area contributed by atoms with Crippen LogP contribution in [0.5, 0.6) is 0 Å². The molecule has 0 aliphatic heterocycles. The van der Waals surface area contributed by atoms with Gasteiger partial charge in [-0.05, 0) is 24.2 Å². The molecule has 0 saturated carbocycles. The lowest BCUT2D eigenvalue weighted by Gasteiger charge is -2.21. The van der Waals surface area contributed by atoms with Crippen molar-refractivity contribution in [1.82, 2.24) is 4.90 Å². The molecule has 20 heavy (non-hydrogen) atoms. The average Bonchev–Trinajstić information content (AvgIpc) is 2.38. The summed E-state index contributed by atoms with van der Waals surface area (Å²) in [4.78, 5) is 1.34. The van der Waals surface area contributed by atoms with E-state index in [1.807, 2.05) is 0 Å². The van der Waals surface area contributed by atoms with Gasteiger partial charge in [-0.2, -0.15) is 13.2 Å². The van der Waals surface area contributed by atoms with Crippen molar-refractivity contribution < 1.29 is 18.3 Å². The van der Waals surface area contributed by atoms with E-state index in [0.717, 1.165) is 11.1 Å². The minimum absolute atomic E-state index is 0.0218. The lowest BCUT2D eigenvalue weighted by molar-refractivity contribution is -0.146. The zero-order valence-electron chi connectivity index (χ0n) is 11.4. The highest BCUT2D eigenvalue weighted by Gasteiger charge is 2.29. The molecule has 0 heterocycles. The number of hydrogen-bond acceptors (Lipinski definition) is 2. The van der Waals surface area contributed by atoms with Gasteiger partial charge in [0.1, 0.15) is 0 Å². The maximum atomic E-state index is 12.4. The first kappa shape index (κ1) is 16.5. The standard InChI is InChI=1S/C15H18F3NO/c1-2-19(12-15(16,17)18)11-14-8-6-13(7-9-14)5-3-4-10-20/h6-9,20H,2,4,10-12H2,1H3. The Hall–Kier alpha value is -1.51. The Labute approximate surface area is 117 Å². The third kappa shape index (κ3) is 6.60. The fourth-order valence-corrected chi connectivity index (χ4v) is 1.71. The SMILES string of the molecule is CCN(Cc1ccc(C#CCCO)cc1)CC(F)(F)F. The Morgan fingerprint density at radius 1 is 1.20 bits per heavy atom. The monoisotopic (exact) mass is 285 g/mol. The number of hydrogen-bond donors (Lipinski definition) is 1. The molecule has 0 radical (unpaired) electrons. The van der Waals surface area contributed by atoms with Gasteiger partial charge in [0.05, 0.1) is 13.2 Å². The first-order chi connectivity index (χ1) is 9.44. The first-order valence-electron chi connectivity index (χ1n) is 6.42. The molecule has 0 fully saturated rings. The first-order valence-corrected chi connectivity index (χ1v) is 6.42. The molecule has 0 aliphatic carbocycles. The summed E-state index contributed by atoms with van der Waals surface area (Å²) in [6.07, 6.45) is -3.76. The molecule has 0 unspecified atom stereocenters. The number of alkyl halides is 3. The minimum Gasteiger partial charge on any atom is -0.395 e. The van der Waals surface area contributed by atoms with Crippen LogP contribution in [0.1, 0.15) is 24.5 Å². The van der Waals surface area contributed by atoms with E-state index >= 15 is 0 Å². The molecule has 110 valence electrons. The summed E-state index contributed by atoms with van der Waals surface area (Å²) >= 11 is 0. The van der Waals surface area contributed by atoms with Gasteiger partial charge in [0, 0.05) is 18.5 Å². The van der Waals surface area contributed by atoms with Crippen LogP contribution in [0.3, 0.4) is 0 Å². The van der Waals surface area contributed by atoms with Crippen LogP contribution in [0.2, 0.25) is 0 Å². The Morgan fingerprint density at radius 2 is 1.85 bits per heavy atom. The zero-order valence-corrected chi connectivity index (χ0v) is 11.4. The van der Waals surface area contributed by atoms with Crippen molar-refractivity contribution in [3.63, 3.8) is 0 Å². The lowest BCUT2D eigenvalue weighted by Crippen LogP contribution is -2.33. The topological polar surface area (TPSA) is 23.5 Å². The van der Waals surface area contributed by atoms with Gasteiger partial charge >= 0.3 is 6.18 Å². The molecule has 0 aliphatic rings. The van der Waals surface area contributed by atoms with E-state index in [-0.39, 0.29) is 13.2 Å². The molecule has 2 nitrogen and oxygen atoms in total. The summed E-state index contributed by atoms with van der Waals surface area (Å²) < 4.78 is 37.1. The quantitative estimate of drug-likeness (QED) is 0.841. The Morgan fingerprint density at radius 3 is 2.35 bits per heavy atom. The fraction of sp³-hybridized carbons (Fsp3) is 0.467. The molecule has 0 amide bonds. The molecule has 1 rings (SSSR count). The summed E-state index contributed by atoms with van der Waals surface area (Å²) in [5.74, 6) is 5.67. The van der Waals surface area contributed by atoms with Crippen LogP contribution >= 0.6 is 0 Å². The Balaban J connectivity index is 2.62. The molecule has 0 spiro atoms. The van der Waals surface area contributed by atoms with E-state index in [1.54, 1.807) is 31.2 Å². The van der Waals surface area contributed by atoms with Crippen molar-refractivity contribution in [1.29, 1.82) is 0 Å². The van der Waals surface area contributed by atoms with Crippen LogP contribution in [0.25, 0.3) is 0 Å².